The number of hydrogen-bond acceptors (Lipinski definition) is 3. The maximum Gasteiger partial charge on any atom is 0.337 e. The summed E-state index contributed by atoms with van der Waals surface area (Å²) in [5.41, 5.74) is 6.09. The molecule has 1 aromatic heterocycles. The predicted octanol–water partition coefficient (Wildman–Crippen LogP) is 2.20. The molecule has 0 bridgehead atoms. The Morgan fingerprint density at radius 3 is 2.58 bits per heavy atom. The Labute approximate surface area is 113 Å². The van der Waals surface area contributed by atoms with Gasteiger partial charge in [-0.25, -0.2) is 4.79 Å². The molecule has 0 fully saturated rings. The van der Waals surface area contributed by atoms with E-state index in [4.69, 9.17) is 22.4 Å². The predicted molar refractivity (Wildman–Crippen MR) is 70.2 cm³/mol. The molecule has 0 aliphatic rings. The number of amides is 1. The molecule has 6 heteroatoms. The number of nitrogens with zero attached hydrogens (tertiary/aromatic N) is 1. The van der Waals surface area contributed by atoms with Crippen LogP contribution in [0.15, 0.2) is 36.5 Å². The van der Waals surface area contributed by atoms with E-state index in [1.54, 1.807) is 6.07 Å². The van der Waals surface area contributed by atoms with Gasteiger partial charge in [-0.15, -0.1) is 0 Å². The minimum absolute atomic E-state index is 0.0419. The summed E-state index contributed by atoms with van der Waals surface area (Å²) in [4.78, 5) is 26.4. The Kier molecular flexibility index (Phi) is 3.48. The number of pyridine rings is 1. The second kappa shape index (κ2) is 5.07. The molecule has 1 amide bonds. The number of carbonyl (C=O) groups is 2. The summed E-state index contributed by atoms with van der Waals surface area (Å²) in [5.74, 6) is -1.78. The maximum absolute atomic E-state index is 11.2. The third kappa shape index (κ3) is 2.56. The summed E-state index contributed by atoms with van der Waals surface area (Å²) in [7, 11) is 0. The standard InChI is InChI=1S/C13H9ClN2O3/c14-10-4-3-7(6-9(10)12(15)17)11-8(13(18)19)2-1-5-16-11/h1-6H,(H2,15,17)(H,18,19). The van der Waals surface area contributed by atoms with Gasteiger partial charge >= 0.3 is 5.97 Å². The van der Waals surface area contributed by atoms with Gasteiger partial charge in [0.25, 0.3) is 0 Å². The van der Waals surface area contributed by atoms with Crippen molar-refractivity contribution in [2.75, 3.05) is 0 Å². The molecule has 1 aromatic carbocycles. The van der Waals surface area contributed by atoms with Crippen LogP contribution in [0.5, 0.6) is 0 Å². The largest absolute Gasteiger partial charge is 0.478 e. The zero-order chi connectivity index (χ0) is 14.0. The van der Waals surface area contributed by atoms with Crippen LogP contribution >= 0.6 is 11.6 Å². The van der Waals surface area contributed by atoms with Crippen LogP contribution in [-0.2, 0) is 0 Å². The van der Waals surface area contributed by atoms with E-state index in [-0.39, 0.29) is 21.8 Å². The van der Waals surface area contributed by atoms with Gasteiger partial charge in [-0.2, -0.15) is 0 Å². The van der Waals surface area contributed by atoms with Crippen molar-refractivity contribution in [3.05, 3.63) is 52.7 Å². The van der Waals surface area contributed by atoms with Gasteiger partial charge < -0.3 is 10.8 Å². The van der Waals surface area contributed by atoms with E-state index in [0.29, 0.717) is 5.56 Å². The van der Waals surface area contributed by atoms with Crippen molar-refractivity contribution in [3.63, 3.8) is 0 Å². The second-order valence-corrected chi connectivity index (χ2v) is 4.17. The molecule has 0 radical (unpaired) electrons. The first-order valence-electron chi connectivity index (χ1n) is 5.28. The lowest BCUT2D eigenvalue weighted by Gasteiger charge is -2.07. The lowest BCUT2D eigenvalue weighted by Crippen LogP contribution is -2.12. The number of hydrogen-bond donors (Lipinski definition) is 2. The lowest BCUT2D eigenvalue weighted by atomic mass is 10.0. The van der Waals surface area contributed by atoms with Gasteiger partial charge in [0.05, 0.1) is 21.8 Å². The van der Waals surface area contributed by atoms with Crippen LogP contribution in [0.2, 0.25) is 5.02 Å². The molecule has 0 aliphatic carbocycles. The topological polar surface area (TPSA) is 93.3 Å². The molecule has 0 aliphatic heterocycles. The van der Waals surface area contributed by atoms with Crippen molar-refractivity contribution >= 4 is 23.5 Å². The lowest BCUT2D eigenvalue weighted by molar-refractivity contribution is 0.0697. The summed E-state index contributed by atoms with van der Waals surface area (Å²) in [5, 5.41) is 9.31. The highest BCUT2D eigenvalue weighted by Crippen LogP contribution is 2.26. The second-order valence-electron chi connectivity index (χ2n) is 3.76. The van der Waals surface area contributed by atoms with Crippen LogP contribution < -0.4 is 5.73 Å². The van der Waals surface area contributed by atoms with Crippen molar-refractivity contribution < 1.29 is 14.7 Å². The van der Waals surface area contributed by atoms with Gasteiger partial charge in [-0.05, 0) is 24.3 Å². The van der Waals surface area contributed by atoms with Crippen molar-refractivity contribution in [1.29, 1.82) is 0 Å². The molecular weight excluding hydrogens is 268 g/mol. The van der Waals surface area contributed by atoms with Gasteiger partial charge in [0.15, 0.2) is 0 Å². The van der Waals surface area contributed by atoms with E-state index in [2.05, 4.69) is 4.98 Å². The van der Waals surface area contributed by atoms with Crippen LogP contribution in [0.4, 0.5) is 0 Å². The van der Waals surface area contributed by atoms with E-state index in [1.165, 1.54) is 30.5 Å². The average molecular weight is 277 g/mol. The first-order chi connectivity index (χ1) is 9.00. The van der Waals surface area contributed by atoms with Crippen molar-refractivity contribution in [2.45, 2.75) is 0 Å². The number of carbonyl (C=O) groups excluding carboxylic acids is 1. The van der Waals surface area contributed by atoms with E-state index in [0.717, 1.165) is 0 Å². The number of aromatic nitrogens is 1. The molecule has 1 heterocycles. The number of halogens is 1. The van der Waals surface area contributed by atoms with Crippen molar-refractivity contribution in [1.82, 2.24) is 4.98 Å². The fourth-order valence-electron chi connectivity index (χ4n) is 1.67. The van der Waals surface area contributed by atoms with Crippen LogP contribution in [0.1, 0.15) is 20.7 Å². The number of nitrogens with two attached hydrogens (primary N) is 1. The molecule has 3 N–H and O–H groups in total. The molecule has 0 spiro atoms. The van der Waals surface area contributed by atoms with E-state index >= 15 is 0 Å². The quantitative estimate of drug-likeness (QED) is 0.898. The fraction of sp³-hybridized carbons (Fsp3) is 0. The Balaban J connectivity index is 2.63. The molecule has 96 valence electrons. The van der Waals surface area contributed by atoms with E-state index in [9.17, 15) is 9.59 Å². The Morgan fingerprint density at radius 1 is 1.21 bits per heavy atom. The molecule has 0 saturated carbocycles. The summed E-state index contributed by atoms with van der Waals surface area (Å²) in [6.45, 7) is 0. The highest BCUT2D eigenvalue weighted by atomic mass is 35.5. The van der Waals surface area contributed by atoms with Crippen molar-refractivity contribution in [3.8, 4) is 11.3 Å². The molecule has 5 nitrogen and oxygen atoms in total. The molecule has 0 unspecified atom stereocenters. The average Bonchev–Trinajstić information content (AvgIpc) is 2.39. The molecule has 0 saturated heterocycles. The molecular formula is C13H9ClN2O3. The van der Waals surface area contributed by atoms with Crippen LogP contribution in [0, 0.1) is 0 Å². The Hall–Kier alpha value is -2.40. The molecule has 19 heavy (non-hydrogen) atoms. The number of carboxylic acids is 1. The summed E-state index contributed by atoms with van der Waals surface area (Å²) >= 11 is 5.84. The SMILES string of the molecule is NC(=O)c1cc(-c2ncccc2C(=O)O)ccc1Cl. The number of aromatic carboxylic acids is 1. The van der Waals surface area contributed by atoms with Crippen LogP contribution in [0.25, 0.3) is 11.3 Å². The van der Waals surface area contributed by atoms with Gasteiger partial charge in [-0.3, -0.25) is 9.78 Å². The maximum atomic E-state index is 11.2. The van der Waals surface area contributed by atoms with Crippen LogP contribution in [-0.4, -0.2) is 22.0 Å². The summed E-state index contributed by atoms with van der Waals surface area (Å²) < 4.78 is 0. The fourth-order valence-corrected chi connectivity index (χ4v) is 1.88. The third-order valence-electron chi connectivity index (χ3n) is 2.54. The van der Waals surface area contributed by atoms with Crippen LogP contribution in [0.3, 0.4) is 0 Å². The zero-order valence-corrected chi connectivity index (χ0v) is 10.4. The highest BCUT2D eigenvalue weighted by Gasteiger charge is 2.15. The number of benzene rings is 1. The van der Waals surface area contributed by atoms with Gasteiger partial charge in [0, 0.05) is 11.8 Å². The zero-order valence-electron chi connectivity index (χ0n) is 9.63. The molecule has 0 atom stereocenters. The number of rotatable bonds is 3. The van der Waals surface area contributed by atoms with Gasteiger partial charge in [-0.1, -0.05) is 17.7 Å². The van der Waals surface area contributed by atoms with Gasteiger partial charge in [0.1, 0.15) is 0 Å². The summed E-state index contributed by atoms with van der Waals surface area (Å²) in [6, 6.07) is 7.46. The Bertz CT molecular complexity index is 671. The van der Waals surface area contributed by atoms with E-state index in [1.807, 2.05) is 0 Å². The highest BCUT2D eigenvalue weighted by molar-refractivity contribution is 6.33. The number of carboxylic acid groups (broad SMARTS) is 1. The minimum Gasteiger partial charge on any atom is -0.478 e. The summed E-state index contributed by atoms with van der Waals surface area (Å²) in [6.07, 6.45) is 1.47. The number of primary amides is 1. The Morgan fingerprint density at radius 2 is 1.95 bits per heavy atom. The third-order valence-corrected chi connectivity index (χ3v) is 2.87. The minimum atomic E-state index is -1.10. The van der Waals surface area contributed by atoms with Crippen molar-refractivity contribution in [2.24, 2.45) is 5.73 Å². The smallest absolute Gasteiger partial charge is 0.337 e. The van der Waals surface area contributed by atoms with E-state index < -0.39 is 11.9 Å². The first-order valence-corrected chi connectivity index (χ1v) is 5.66. The first kappa shape index (κ1) is 13.0. The normalized spacial score (nSPS) is 10.2. The molecule has 2 rings (SSSR count). The molecule has 2 aromatic rings. The monoisotopic (exact) mass is 276 g/mol. The van der Waals surface area contributed by atoms with Gasteiger partial charge in [0.2, 0.25) is 5.91 Å².